The molecule has 22 heavy (non-hydrogen) atoms. The number of hydrogen-bond donors (Lipinski definition) is 0. The van der Waals surface area contributed by atoms with Gasteiger partial charge < -0.3 is 9.64 Å². The number of hydrogen-bond acceptors (Lipinski definition) is 3. The highest BCUT2D eigenvalue weighted by Gasteiger charge is 2.25. The molecular weight excluding hydrogens is 387 g/mol. The Balaban J connectivity index is 1.29. The van der Waals surface area contributed by atoms with Crippen molar-refractivity contribution in [2.75, 3.05) is 39.3 Å². The van der Waals surface area contributed by atoms with Gasteiger partial charge in [0.15, 0.2) is 0 Å². The van der Waals surface area contributed by atoms with E-state index in [1.165, 1.54) is 62.0 Å². The lowest BCUT2D eigenvalue weighted by Gasteiger charge is -2.38. The van der Waals surface area contributed by atoms with Crippen LogP contribution in [-0.4, -0.2) is 55.2 Å². The molecule has 122 valence electrons. The molecule has 1 saturated carbocycles. The van der Waals surface area contributed by atoms with Gasteiger partial charge in [0, 0.05) is 42.3 Å². The Labute approximate surface area is 148 Å². The Morgan fingerprint density at radius 2 is 1.68 bits per heavy atom. The molecule has 1 saturated heterocycles. The third-order valence-electron chi connectivity index (χ3n) is 4.95. The number of ether oxygens (including phenoxy) is 1. The van der Waals surface area contributed by atoms with Crippen molar-refractivity contribution in [1.29, 1.82) is 0 Å². The molecule has 0 spiro atoms. The van der Waals surface area contributed by atoms with E-state index in [-0.39, 0.29) is 0 Å². The maximum absolute atomic E-state index is 5.81. The van der Waals surface area contributed by atoms with E-state index in [1.807, 2.05) is 0 Å². The van der Waals surface area contributed by atoms with Crippen molar-refractivity contribution < 1.29 is 4.74 Å². The topological polar surface area (TPSA) is 15.7 Å². The lowest BCUT2D eigenvalue weighted by Crippen LogP contribution is -2.49. The summed E-state index contributed by atoms with van der Waals surface area (Å²) in [5, 5.41) is 0. The van der Waals surface area contributed by atoms with E-state index in [0.717, 1.165) is 24.8 Å². The molecule has 0 aromatic heterocycles. The van der Waals surface area contributed by atoms with E-state index in [4.69, 9.17) is 4.74 Å². The maximum Gasteiger partial charge on any atom is 0.119 e. The Bertz CT molecular complexity index is 437. The second kappa shape index (κ2) is 8.50. The van der Waals surface area contributed by atoms with E-state index < -0.39 is 0 Å². The Kier molecular flexibility index (Phi) is 6.39. The first-order chi connectivity index (χ1) is 10.8. The van der Waals surface area contributed by atoms with Crippen LogP contribution in [0.2, 0.25) is 0 Å². The quantitative estimate of drug-likeness (QED) is 0.523. The summed E-state index contributed by atoms with van der Waals surface area (Å²) in [6.07, 6.45) is 6.88. The molecule has 1 heterocycles. The van der Waals surface area contributed by atoms with E-state index in [2.05, 4.69) is 56.7 Å². The molecule has 1 aliphatic heterocycles. The van der Waals surface area contributed by atoms with Gasteiger partial charge in [-0.2, -0.15) is 0 Å². The van der Waals surface area contributed by atoms with Gasteiger partial charge >= 0.3 is 0 Å². The lowest BCUT2D eigenvalue weighted by atomic mass is 10.2. The minimum Gasteiger partial charge on any atom is -0.494 e. The SMILES string of the molecule is Ic1ccc(OCCCN2CCN(C3CCCC3)CC2)cc1. The van der Waals surface area contributed by atoms with Crippen LogP contribution < -0.4 is 4.74 Å². The average Bonchev–Trinajstić information content (AvgIpc) is 3.08. The highest BCUT2D eigenvalue weighted by molar-refractivity contribution is 14.1. The van der Waals surface area contributed by atoms with Crippen molar-refractivity contribution in [1.82, 2.24) is 9.80 Å². The summed E-state index contributed by atoms with van der Waals surface area (Å²) in [5.41, 5.74) is 0. The maximum atomic E-state index is 5.81. The third-order valence-corrected chi connectivity index (χ3v) is 5.67. The number of halogens is 1. The van der Waals surface area contributed by atoms with Crippen molar-refractivity contribution in [3.05, 3.63) is 27.8 Å². The fourth-order valence-electron chi connectivity index (χ4n) is 3.63. The summed E-state index contributed by atoms with van der Waals surface area (Å²) in [6, 6.07) is 9.20. The van der Waals surface area contributed by atoms with Crippen LogP contribution in [0.1, 0.15) is 32.1 Å². The number of benzene rings is 1. The second-order valence-electron chi connectivity index (χ2n) is 6.47. The van der Waals surface area contributed by atoms with Crippen molar-refractivity contribution in [2.45, 2.75) is 38.1 Å². The summed E-state index contributed by atoms with van der Waals surface area (Å²) in [5.74, 6) is 0.992. The van der Waals surface area contributed by atoms with Gasteiger partial charge in [-0.3, -0.25) is 4.90 Å². The Morgan fingerprint density at radius 3 is 2.36 bits per heavy atom. The molecule has 1 aliphatic carbocycles. The molecular formula is C18H27IN2O. The number of nitrogens with zero attached hydrogens (tertiary/aromatic N) is 2. The minimum atomic E-state index is 0.823. The normalized spacial score (nSPS) is 21.3. The number of rotatable bonds is 6. The van der Waals surface area contributed by atoms with Gasteiger partial charge in [0.1, 0.15) is 5.75 Å². The molecule has 0 unspecified atom stereocenters. The third kappa shape index (κ3) is 4.83. The standard InChI is InChI=1S/C18H27IN2O/c19-16-6-8-18(9-7-16)22-15-3-10-20-11-13-21(14-12-20)17-4-1-2-5-17/h6-9,17H,1-5,10-15H2. The number of piperazine rings is 1. The van der Waals surface area contributed by atoms with Crippen LogP contribution in [-0.2, 0) is 0 Å². The van der Waals surface area contributed by atoms with Gasteiger partial charge in [0.05, 0.1) is 6.61 Å². The molecule has 3 nitrogen and oxygen atoms in total. The van der Waals surface area contributed by atoms with Gasteiger partial charge in [-0.25, -0.2) is 0 Å². The van der Waals surface area contributed by atoms with Gasteiger partial charge in [0.25, 0.3) is 0 Å². The van der Waals surface area contributed by atoms with Crippen LogP contribution in [0.5, 0.6) is 5.75 Å². The summed E-state index contributed by atoms with van der Waals surface area (Å²) < 4.78 is 7.07. The van der Waals surface area contributed by atoms with Crippen LogP contribution in [0.15, 0.2) is 24.3 Å². The van der Waals surface area contributed by atoms with Crippen molar-refractivity contribution >= 4 is 22.6 Å². The fourth-order valence-corrected chi connectivity index (χ4v) is 3.99. The Morgan fingerprint density at radius 1 is 1.00 bits per heavy atom. The van der Waals surface area contributed by atoms with Crippen molar-refractivity contribution in [3.63, 3.8) is 0 Å². The summed E-state index contributed by atoms with van der Waals surface area (Å²) in [6.45, 7) is 7.00. The van der Waals surface area contributed by atoms with E-state index in [1.54, 1.807) is 0 Å². The summed E-state index contributed by atoms with van der Waals surface area (Å²) >= 11 is 2.32. The van der Waals surface area contributed by atoms with E-state index in [0.29, 0.717) is 0 Å². The Hall–Kier alpha value is -0.330. The fraction of sp³-hybridized carbons (Fsp3) is 0.667. The lowest BCUT2D eigenvalue weighted by molar-refractivity contribution is 0.0941. The zero-order valence-corrected chi connectivity index (χ0v) is 15.5. The molecule has 1 aromatic rings. The average molecular weight is 414 g/mol. The second-order valence-corrected chi connectivity index (χ2v) is 7.72. The highest BCUT2D eigenvalue weighted by Crippen LogP contribution is 2.24. The van der Waals surface area contributed by atoms with Crippen LogP contribution in [0.25, 0.3) is 0 Å². The van der Waals surface area contributed by atoms with Crippen molar-refractivity contribution in [3.8, 4) is 5.75 Å². The van der Waals surface area contributed by atoms with Crippen LogP contribution in [0.4, 0.5) is 0 Å². The monoisotopic (exact) mass is 414 g/mol. The zero-order chi connectivity index (χ0) is 15.2. The van der Waals surface area contributed by atoms with Crippen molar-refractivity contribution in [2.24, 2.45) is 0 Å². The molecule has 4 heteroatoms. The highest BCUT2D eigenvalue weighted by atomic mass is 127. The van der Waals surface area contributed by atoms with Gasteiger partial charge in [0.2, 0.25) is 0 Å². The molecule has 0 atom stereocenters. The van der Waals surface area contributed by atoms with E-state index >= 15 is 0 Å². The largest absolute Gasteiger partial charge is 0.494 e. The molecule has 2 aliphatic rings. The molecule has 0 amide bonds. The van der Waals surface area contributed by atoms with Gasteiger partial charge in [-0.05, 0) is 66.1 Å². The molecule has 3 rings (SSSR count). The molecule has 1 aromatic carbocycles. The predicted molar refractivity (Wildman–Crippen MR) is 99.5 cm³/mol. The predicted octanol–water partition coefficient (Wildman–Crippen LogP) is 3.62. The molecule has 0 N–H and O–H groups in total. The summed E-state index contributed by atoms with van der Waals surface area (Å²) in [4.78, 5) is 5.33. The van der Waals surface area contributed by atoms with Crippen LogP contribution in [0, 0.1) is 3.57 Å². The molecule has 0 radical (unpaired) electrons. The zero-order valence-electron chi connectivity index (χ0n) is 13.3. The van der Waals surface area contributed by atoms with Gasteiger partial charge in [-0.1, -0.05) is 12.8 Å². The first-order valence-electron chi connectivity index (χ1n) is 8.66. The molecule has 2 fully saturated rings. The van der Waals surface area contributed by atoms with Gasteiger partial charge in [-0.15, -0.1) is 0 Å². The first kappa shape index (κ1) is 16.5. The van der Waals surface area contributed by atoms with Crippen LogP contribution in [0.3, 0.4) is 0 Å². The first-order valence-corrected chi connectivity index (χ1v) is 9.74. The van der Waals surface area contributed by atoms with E-state index in [9.17, 15) is 0 Å². The summed E-state index contributed by atoms with van der Waals surface area (Å²) in [7, 11) is 0. The minimum absolute atomic E-state index is 0.823. The van der Waals surface area contributed by atoms with Crippen LogP contribution >= 0.6 is 22.6 Å². The molecule has 0 bridgehead atoms. The smallest absolute Gasteiger partial charge is 0.119 e.